The lowest BCUT2D eigenvalue weighted by atomic mass is 9.53. The number of hydrogen-bond donors (Lipinski definition) is 4. The Balaban J connectivity index is 0.725. The summed E-state index contributed by atoms with van der Waals surface area (Å²) in [5, 5.41) is 12.8. The van der Waals surface area contributed by atoms with Crippen molar-refractivity contribution in [2.45, 2.75) is 113 Å². The van der Waals surface area contributed by atoms with Crippen LogP contribution in [0.15, 0.2) is 53.5 Å². The summed E-state index contributed by atoms with van der Waals surface area (Å²) in [6.45, 7) is 13.1. The van der Waals surface area contributed by atoms with E-state index in [1.165, 1.54) is 10.8 Å². The monoisotopic (exact) mass is 984 g/mol. The molecule has 1 unspecified atom stereocenters. The normalized spacial score (nSPS) is 26.5. The Morgan fingerprint density at radius 3 is 2.25 bits per heavy atom. The van der Waals surface area contributed by atoms with Crippen LogP contribution in [0, 0.1) is 11.2 Å². The van der Waals surface area contributed by atoms with Crippen molar-refractivity contribution < 1.29 is 23.6 Å². The molecule has 5 fully saturated rings. The second-order valence-corrected chi connectivity index (χ2v) is 22.0. The SMILES string of the molecule is Cn1c(=O)n(C2CCC(=O)NC2=O)c2ccc(CCN3CCN(CCCN4CCC(NC(=O)[C@@H]5NC6(CCC(C)(C)CC6)[C@@]6(C(=O)Nc7cc(Cl)ccc76)[C@H]5c5ccnc(Cl)c5F)CC4)CC3)cc21. The summed E-state index contributed by atoms with van der Waals surface area (Å²) >= 11 is 12.8. The molecule has 2 spiro atoms. The maximum Gasteiger partial charge on any atom is 0.329 e. The molecule has 7 heterocycles. The minimum atomic E-state index is -1.32. The summed E-state index contributed by atoms with van der Waals surface area (Å²) < 4.78 is 19.5. The van der Waals surface area contributed by atoms with Gasteiger partial charge in [0.1, 0.15) is 11.5 Å². The van der Waals surface area contributed by atoms with Gasteiger partial charge in [-0.05, 0) is 123 Å². The topological polar surface area (TPSA) is 166 Å². The number of piperazine rings is 1. The highest BCUT2D eigenvalue weighted by molar-refractivity contribution is 6.31. The fourth-order valence-corrected chi connectivity index (χ4v) is 13.1. The van der Waals surface area contributed by atoms with Crippen molar-refractivity contribution in [2.24, 2.45) is 12.5 Å². The van der Waals surface area contributed by atoms with E-state index >= 15 is 4.39 Å². The number of likely N-dealkylation sites (tertiary alicyclic amines) is 1. The van der Waals surface area contributed by atoms with Crippen molar-refractivity contribution in [2.75, 3.05) is 64.2 Å². The van der Waals surface area contributed by atoms with Crippen molar-refractivity contribution >= 4 is 63.6 Å². The van der Waals surface area contributed by atoms with Gasteiger partial charge in [-0.2, -0.15) is 0 Å². The molecule has 6 aliphatic rings. The zero-order valence-corrected chi connectivity index (χ0v) is 41.2. The van der Waals surface area contributed by atoms with Crippen LogP contribution in [-0.4, -0.2) is 129 Å². The molecule has 1 saturated carbocycles. The minimum Gasteiger partial charge on any atom is -0.352 e. The van der Waals surface area contributed by atoms with E-state index in [1.54, 1.807) is 29.8 Å². The molecule has 15 nitrogen and oxygen atoms in total. The van der Waals surface area contributed by atoms with Gasteiger partial charge in [0.2, 0.25) is 23.6 Å². The van der Waals surface area contributed by atoms with Gasteiger partial charge in [0.05, 0.1) is 17.1 Å². The Bertz CT molecular complexity index is 2740. The predicted octanol–water partition coefficient (Wildman–Crippen LogP) is 5.27. The predicted molar refractivity (Wildman–Crippen MR) is 263 cm³/mol. The van der Waals surface area contributed by atoms with Gasteiger partial charge in [-0.25, -0.2) is 14.2 Å². The lowest BCUT2D eigenvalue weighted by Crippen LogP contribution is -2.61. The fraction of sp³-hybridized carbons (Fsp3) is 0.569. The van der Waals surface area contributed by atoms with Crippen LogP contribution in [0.3, 0.4) is 0 Å². The molecule has 4 amide bonds. The Kier molecular flexibility index (Phi) is 13.1. The van der Waals surface area contributed by atoms with Gasteiger partial charge >= 0.3 is 5.69 Å². The van der Waals surface area contributed by atoms with Crippen LogP contribution in [0.25, 0.3) is 11.0 Å². The molecule has 0 bridgehead atoms. The average molecular weight is 986 g/mol. The first kappa shape index (κ1) is 47.9. The Labute approximate surface area is 411 Å². The fourth-order valence-electron chi connectivity index (χ4n) is 12.8. The van der Waals surface area contributed by atoms with E-state index in [1.807, 2.05) is 24.3 Å². The summed E-state index contributed by atoms with van der Waals surface area (Å²) in [5.74, 6) is -2.87. The molecular weight excluding hydrogens is 923 g/mol. The Morgan fingerprint density at radius 1 is 0.841 bits per heavy atom. The molecule has 368 valence electrons. The lowest BCUT2D eigenvalue weighted by molar-refractivity contribution is -0.136. The number of anilines is 1. The number of halogens is 3. The number of piperidine rings is 2. The number of imidazole rings is 1. The highest BCUT2D eigenvalue weighted by Crippen LogP contribution is 2.64. The molecule has 5 aliphatic heterocycles. The van der Waals surface area contributed by atoms with Gasteiger partial charge in [0, 0.05) is 93.7 Å². The third-order valence-electron chi connectivity index (χ3n) is 16.7. The van der Waals surface area contributed by atoms with Crippen molar-refractivity contribution in [1.29, 1.82) is 0 Å². The first-order valence-corrected chi connectivity index (χ1v) is 25.5. The van der Waals surface area contributed by atoms with E-state index in [2.05, 4.69) is 54.8 Å². The minimum absolute atomic E-state index is 0.0413. The summed E-state index contributed by atoms with van der Waals surface area (Å²) in [6.07, 6.45) is 8.36. The first-order chi connectivity index (χ1) is 33.1. The van der Waals surface area contributed by atoms with Gasteiger partial charge < -0.3 is 25.3 Å². The number of rotatable bonds is 11. The standard InChI is InChI=1S/C51H63Cl2FN10O5/c1-49(2)15-17-50(18-16-49)51(35-7-6-32(52)30-36(35)57-47(51)68)41(34-11-19-55-44(53)42(34)54)43(59-50)46(67)56-33-13-23-61(24-14-33)20-4-21-62-25-27-63(28-26-62)22-12-31-5-8-37-39(29-31)60(3)48(69)64(37)38-9-10-40(65)58-45(38)66/h5-8,11,19,29-30,33,38,41,43,59H,4,9-10,12-18,20-28H2,1-3H3,(H,56,67)(H,57,68)(H,58,65,66)/t38?,41-,43+,51+/m0/s1. The smallest absolute Gasteiger partial charge is 0.329 e. The number of hydrogen-bond acceptors (Lipinski definition) is 10. The lowest BCUT2D eigenvalue weighted by Gasteiger charge is -2.50. The number of nitrogens with one attached hydrogen (secondary N) is 4. The number of fused-ring (bicyclic) bond motifs is 4. The second kappa shape index (κ2) is 18.8. The van der Waals surface area contributed by atoms with E-state index in [0.717, 1.165) is 114 Å². The summed E-state index contributed by atoms with van der Waals surface area (Å²) in [5.41, 5.74) is 1.75. The van der Waals surface area contributed by atoms with Crippen LogP contribution in [-0.2, 0) is 38.1 Å². The highest BCUT2D eigenvalue weighted by atomic mass is 35.5. The summed E-state index contributed by atoms with van der Waals surface area (Å²) in [6, 6.07) is 11.3. The van der Waals surface area contributed by atoms with Gasteiger partial charge in [-0.3, -0.25) is 38.9 Å². The van der Waals surface area contributed by atoms with Crippen LogP contribution in [0.5, 0.6) is 0 Å². The molecule has 4 atom stereocenters. The quantitative estimate of drug-likeness (QED) is 0.115. The molecule has 2 aromatic carbocycles. The van der Waals surface area contributed by atoms with Crippen molar-refractivity contribution in [3.8, 4) is 0 Å². The Morgan fingerprint density at radius 2 is 1.54 bits per heavy atom. The van der Waals surface area contributed by atoms with E-state index in [9.17, 15) is 24.0 Å². The molecule has 4 saturated heterocycles. The number of amides is 4. The molecule has 4 aromatic rings. The second-order valence-electron chi connectivity index (χ2n) is 21.2. The third kappa shape index (κ3) is 8.70. The molecule has 1 aliphatic carbocycles. The van der Waals surface area contributed by atoms with Gasteiger partial charge in [-0.15, -0.1) is 0 Å². The molecule has 0 radical (unpaired) electrons. The largest absolute Gasteiger partial charge is 0.352 e. The number of aryl methyl sites for hydroxylation is 1. The van der Waals surface area contributed by atoms with Gasteiger partial charge in [-0.1, -0.05) is 49.2 Å². The van der Waals surface area contributed by atoms with Crippen LogP contribution < -0.4 is 27.0 Å². The Hall–Kier alpha value is -4.71. The number of carbonyl (C=O) groups is 4. The van der Waals surface area contributed by atoms with E-state index in [0.29, 0.717) is 35.5 Å². The number of aromatic nitrogens is 3. The molecule has 18 heteroatoms. The van der Waals surface area contributed by atoms with E-state index < -0.39 is 40.7 Å². The summed E-state index contributed by atoms with van der Waals surface area (Å²) in [7, 11) is 1.73. The van der Waals surface area contributed by atoms with Crippen LogP contribution in [0.1, 0.15) is 100 Å². The first-order valence-electron chi connectivity index (χ1n) is 24.8. The summed E-state index contributed by atoms with van der Waals surface area (Å²) in [4.78, 5) is 78.7. The molecule has 2 aromatic heterocycles. The zero-order chi connectivity index (χ0) is 48.4. The number of pyridine rings is 1. The molecule has 4 N–H and O–H groups in total. The highest BCUT2D eigenvalue weighted by Gasteiger charge is 2.73. The maximum atomic E-state index is 16.4. The maximum absolute atomic E-state index is 16.4. The number of benzene rings is 2. The average Bonchev–Trinajstić information content (AvgIpc) is 3.89. The number of nitrogens with zero attached hydrogens (tertiary/aromatic N) is 6. The number of imide groups is 1. The number of carbonyl (C=O) groups excluding carboxylic acids is 4. The zero-order valence-electron chi connectivity index (χ0n) is 39.7. The van der Waals surface area contributed by atoms with Gasteiger partial charge in [0.15, 0.2) is 11.0 Å². The third-order valence-corrected chi connectivity index (χ3v) is 17.2. The van der Waals surface area contributed by atoms with E-state index in [4.69, 9.17) is 23.2 Å². The van der Waals surface area contributed by atoms with Crippen LogP contribution in [0.4, 0.5) is 10.1 Å². The molecule has 69 heavy (non-hydrogen) atoms. The van der Waals surface area contributed by atoms with E-state index in [-0.39, 0.29) is 52.0 Å². The van der Waals surface area contributed by atoms with Crippen LogP contribution in [0.2, 0.25) is 10.2 Å². The molecule has 10 rings (SSSR count). The van der Waals surface area contributed by atoms with Crippen molar-refractivity contribution in [1.82, 2.24) is 44.8 Å². The van der Waals surface area contributed by atoms with Gasteiger partial charge in [0.25, 0.3) is 0 Å². The molecular formula is C51H63Cl2FN10O5. The van der Waals surface area contributed by atoms with Crippen LogP contribution >= 0.6 is 23.2 Å². The van der Waals surface area contributed by atoms with Crippen molar-refractivity contribution in [3.05, 3.63) is 91.8 Å². The van der Waals surface area contributed by atoms with Crippen molar-refractivity contribution in [3.63, 3.8) is 0 Å².